The van der Waals surface area contributed by atoms with E-state index >= 15 is 0 Å². The number of primary amides is 1. The molecule has 0 aliphatic carbocycles. The standard InChI is InChI=1S/C14H19ClN2O3/c1-19-14(4-5-20-9-14)8-17-7-11-3-2-10(13(16)18)6-12(11)15/h2-3,6,17H,4-5,7-9H2,1H3,(H2,16,18). The van der Waals surface area contributed by atoms with Crippen LogP contribution >= 0.6 is 11.6 Å². The Hall–Kier alpha value is -1.14. The monoisotopic (exact) mass is 298 g/mol. The Bertz CT molecular complexity index is 487. The maximum Gasteiger partial charge on any atom is 0.248 e. The Morgan fingerprint density at radius 1 is 1.60 bits per heavy atom. The predicted octanol–water partition coefficient (Wildman–Crippen LogP) is 1.33. The summed E-state index contributed by atoms with van der Waals surface area (Å²) < 4.78 is 10.9. The molecule has 1 aromatic carbocycles. The smallest absolute Gasteiger partial charge is 0.248 e. The van der Waals surface area contributed by atoms with Gasteiger partial charge in [0.2, 0.25) is 5.91 Å². The third-order valence-corrected chi connectivity index (χ3v) is 3.95. The minimum atomic E-state index is -0.479. The van der Waals surface area contributed by atoms with Gasteiger partial charge in [-0.25, -0.2) is 0 Å². The van der Waals surface area contributed by atoms with Crippen LogP contribution in [-0.2, 0) is 16.0 Å². The molecule has 5 nitrogen and oxygen atoms in total. The third-order valence-electron chi connectivity index (χ3n) is 3.60. The van der Waals surface area contributed by atoms with Crippen molar-refractivity contribution >= 4 is 17.5 Å². The summed E-state index contributed by atoms with van der Waals surface area (Å²) in [5, 5.41) is 3.85. The number of carbonyl (C=O) groups excluding carboxylic acids is 1. The highest BCUT2D eigenvalue weighted by atomic mass is 35.5. The van der Waals surface area contributed by atoms with Crippen molar-refractivity contribution in [2.24, 2.45) is 5.73 Å². The molecule has 1 aromatic rings. The van der Waals surface area contributed by atoms with Crippen LogP contribution in [0.5, 0.6) is 0 Å². The number of amides is 1. The van der Waals surface area contributed by atoms with Gasteiger partial charge in [-0.2, -0.15) is 0 Å². The van der Waals surface area contributed by atoms with Crippen LogP contribution in [0.4, 0.5) is 0 Å². The number of nitrogens with one attached hydrogen (secondary N) is 1. The summed E-state index contributed by atoms with van der Waals surface area (Å²) in [6.45, 7) is 2.62. The van der Waals surface area contributed by atoms with Gasteiger partial charge in [-0.05, 0) is 17.7 Å². The molecule has 1 aliphatic heterocycles. The predicted molar refractivity (Wildman–Crippen MR) is 76.9 cm³/mol. The summed E-state index contributed by atoms with van der Waals surface area (Å²) in [4.78, 5) is 11.1. The molecule has 3 N–H and O–H groups in total. The number of benzene rings is 1. The van der Waals surface area contributed by atoms with Crippen molar-refractivity contribution in [3.63, 3.8) is 0 Å². The third kappa shape index (κ3) is 3.49. The minimum absolute atomic E-state index is 0.250. The van der Waals surface area contributed by atoms with Gasteiger partial charge in [-0.15, -0.1) is 0 Å². The SMILES string of the molecule is COC1(CNCc2ccc(C(N)=O)cc2Cl)CCOC1. The summed E-state index contributed by atoms with van der Waals surface area (Å²) in [5.41, 5.74) is 6.29. The molecule has 20 heavy (non-hydrogen) atoms. The highest BCUT2D eigenvalue weighted by Gasteiger charge is 2.34. The quantitative estimate of drug-likeness (QED) is 0.831. The number of methoxy groups -OCH3 is 1. The Balaban J connectivity index is 1.92. The van der Waals surface area contributed by atoms with E-state index in [1.807, 2.05) is 0 Å². The summed E-state index contributed by atoms with van der Waals surface area (Å²) >= 11 is 6.13. The van der Waals surface area contributed by atoms with Crippen molar-refractivity contribution in [2.75, 3.05) is 26.9 Å². The highest BCUT2D eigenvalue weighted by Crippen LogP contribution is 2.22. The summed E-state index contributed by atoms with van der Waals surface area (Å²) in [6, 6.07) is 5.07. The summed E-state index contributed by atoms with van der Waals surface area (Å²) in [5.74, 6) is -0.479. The van der Waals surface area contributed by atoms with Gasteiger partial charge in [-0.3, -0.25) is 4.79 Å². The first kappa shape index (κ1) is 15.3. The second-order valence-electron chi connectivity index (χ2n) is 4.96. The molecule has 1 unspecified atom stereocenters. The van der Waals surface area contributed by atoms with E-state index < -0.39 is 5.91 Å². The molecule has 0 spiro atoms. The number of halogens is 1. The van der Waals surface area contributed by atoms with E-state index in [4.69, 9.17) is 26.8 Å². The zero-order valence-corrected chi connectivity index (χ0v) is 12.2. The average Bonchev–Trinajstić information content (AvgIpc) is 2.90. The molecular formula is C14H19ClN2O3. The number of ether oxygens (including phenoxy) is 2. The molecule has 1 heterocycles. The number of nitrogens with two attached hydrogens (primary N) is 1. The lowest BCUT2D eigenvalue weighted by molar-refractivity contribution is -0.0159. The van der Waals surface area contributed by atoms with Crippen molar-refractivity contribution in [1.29, 1.82) is 0 Å². The van der Waals surface area contributed by atoms with E-state index in [-0.39, 0.29) is 5.60 Å². The number of carbonyl (C=O) groups is 1. The Morgan fingerprint density at radius 3 is 2.95 bits per heavy atom. The molecule has 6 heteroatoms. The van der Waals surface area contributed by atoms with Crippen LogP contribution in [0.15, 0.2) is 18.2 Å². The van der Waals surface area contributed by atoms with Crippen molar-refractivity contribution < 1.29 is 14.3 Å². The fraction of sp³-hybridized carbons (Fsp3) is 0.500. The van der Waals surface area contributed by atoms with Gasteiger partial charge >= 0.3 is 0 Å². The van der Waals surface area contributed by atoms with E-state index in [0.717, 1.165) is 18.6 Å². The largest absolute Gasteiger partial charge is 0.378 e. The molecule has 1 fully saturated rings. The number of hydrogen-bond acceptors (Lipinski definition) is 4. The van der Waals surface area contributed by atoms with Gasteiger partial charge in [0.15, 0.2) is 0 Å². The van der Waals surface area contributed by atoms with Gasteiger partial charge in [0.1, 0.15) is 5.60 Å². The Kier molecular flexibility index (Phi) is 4.99. The minimum Gasteiger partial charge on any atom is -0.378 e. The second-order valence-corrected chi connectivity index (χ2v) is 5.37. The van der Waals surface area contributed by atoms with Crippen molar-refractivity contribution in [1.82, 2.24) is 5.32 Å². The zero-order chi connectivity index (χ0) is 14.6. The van der Waals surface area contributed by atoms with Gasteiger partial charge in [-0.1, -0.05) is 17.7 Å². The highest BCUT2D eigenvalue weighted by molar-refractivity contribution is 6.31. The van der Waals surface area contributed by atoms with Crippen LogP contribution in [-0.4, -0.2) is 38.4 Å². The molecule has 0 radical (unpaired) electrons. The lowest BCUT2D eigenvalue weighted by Gasteiger charge is -2.26. The van der Waals surface area contributed by atoms with E-state index in [9.17, 15) is 4.79 Å². The van der Waals surface area contributed by atoms with Crippen LogP contribution < -0.4 is 11.1 Å². The van der Waals surface area contributed by atoms with E-state index in [0.29, 0.717) is 30.3 Å². The molecule has 1 amide bonds. The topological polar surface area (TPSA) is 73.6 Å². The lowest BCUT2D eigenvalue weighted by atomic mass is 10.0. The first-order valence-corrected chi connectivity index (χ1v) is 6.86. The first-order chi connectivity index (χ1) is 9.56. The average molecular weight is 299 g/mol. The van der Waals surface area contributed by atoms with Crippen LogP contribution in [0.1, 0.15) is 22.3 Å². The van der Waals surface area contributed by atoms with Crippen molar-refractivity contribution in [2.45, 2.75) is 18.6 Å². The Morgan fingerprint density at radius 2 is 2.40 bits per heavy atom. The van der Waals surface area contributed by atoms with Crippen LogP contribution in [0.2, 0.25) is 5.02 Å². The molecule has 1 aliphatic rings. The van der Waals surface area contributed by atoms with Gasteiger partial charge < -0.3 is 20.5 Å². The first-order valence-electron chi connectivity index (χ1n) is 6.48. The molecule has 2 rings (SSSR count). The summed E-state index contributed by atoms with van der Waals surface area (Å²) in [7, 11) is 1.70. The van der Waals surface area contributed by atoms with Crippen LogP contribution in [0.3, 0.4) is 0 Å². The molecule has 0 bridgehead atoms. The normalized spacial score (nSPS) is 22.1. The summed E-state index contributed by atoms with van der Waals surface area (Å²) in [6.07, 6.45) is 0.880. The van der Waals surface area contributed by atoms with Crippen LogP contribution in [0.25, 0.3) is 0 Å². The molecule has 110 valence electrons. The maximum atomic E-state index is 11.1. The molecule has 1 atom stereocenters. The van der Waals surface area contributed by atoms with Gasteiger partial charge in [0.25, 0.3) is 0 Å². The number of rotatable bonds is 6. The zero-order valence-electron chi connectivity index (χ0n) is 11.4. The van der Waals surface area contributed by atoms with E-state index in [2.05, 4.69) is 5.32 Å². The second kappa shape index (κ2) is 6.54. The van der Waals surface area contributed by atoms with Crippen molar-refractivity contribution in [3.8, 4) is 0 Å². The lowest BCUT2D eigenvalue weighted by Crippen LogP contribution is -2.42. The molecule has 0 saturated carbocycles. The maximum absolute atomic E-state index is 11.1. The fourth-order valence-electron chi connectivity index (χ4n) is 2.23. The molecular weight excluding hydrogens is 280 g/mol. The van der Waals surface area contributed by atoms with Gasteiger partial charge in [0.05, 0.1) is 6.61 Å². The fourth-order valence-corrected chi connectivity index (χ4v) is 2.48. The van der Waals surface area contributed by atoms with Gasteiger partial charge in [0, 0.05) is 43.8 Å². The Labute approximate surface area is 123 Å². The van der Waals surface area contributed by atoms with E-state index in [1.54, 1.807) is 25.3 Å². The van der Waals surface area contributed by atoms with Crippen molar-refractivity contribution in [3.05, 3.63) is 34.3 Å². The molecule has 0 aromatic heterocycles. The number of hydrogen-bond donors (Lipinski definition) is 2. The molecule has 1 saturated heterocycles. The van der Waals surface area contributed by atoms with E-state index in [1.165, 1.54) is 0 Å². The van der Waals surface area contributed by atoms with Crippen LogP contribution in [0, 0.1) is 0 Å².